The van der Waals surface area contributed by atoms with Crippen molar-refractivity contribution in [2.75, 3.05) is 11.4 Å². The molecule has 0 aliphatic heterocycles. The minimum Gasteiger partial charge on any atom is -0.322 e. The minimum absolute atomic E-state index is 0.405. The van der Waals surface area contributed by atoms with Crippen LogP contribution in [0.15, 0.2) is 72.8 Å². The summed E-state index contributed by atoms with van der Waals surface area (Å²) in [5.41, 5.74) is 3.79. The second kappa shape index (κ2) is 8.69. The number of benzene rings is 2. The molecule has 6 heteroatoms. The Balaban J connectivity index is 2.03. The molecular weight excluding hydrogens is 392 g/mol. The zero-order valence-electron chi connectivity index (χ0n) is 16.8. The van der Waals surface area contributed by atoms with E-state index < -0.39 is 18.4 Å². The highest BCUT2D eigenvalue weighted by atomic mass is 19.4. The van der Waals surface area contributed by atoms with Crippen LogP contribution in [0.1, 0.15) is 23.6 Å². The van der Waals surface area contributed by atoms with Gasteiger partial charge in [-0.25, -0.2) is 9.37 Å². The lowest BCUT2D eigenvalue weighted by Crippen LogP contribution is -2.20. The Labute approximate surface area is 173 Å². The second-order valence-electron chi connectivity index (χ2n) is 7.31. The largest absolute Gasteiger partial charge is 0.416 e. The van der Waals surface area contributed by atoms with Crippen molar-refractivity contribution in [1.82, 2.24) is 4.98 Å². The average Bonchev–Trinajstić information content (AvgIpc) is 2.71. The summed E-state index contributed by atoms with van der Waals surface area (Å²) in [6.07, 6.45) is -4.39. The molecule has 0 spiro atoms. The lowest BCUT2D eigenvalue weighted by molar-refractivity contribution is -0.137. The van der Waals surface area contributed by atoms with E-state index in [1.54, 1.807) is 12.1 Å². The van der Waals surface area contributed by atoms with Crippen molar-refractivity contribution in [3.8, 4) is 11.3 Å². The molecule has 0 fully saturated rings. The molecule has 0 aliphatic carbocycles. The van der Waals surface area contributed by atoms with E-state index in [-0.39, 0.29) is 0 Å². The zero-order valence-corrected chi connectivity index (χ0v) is 16.8. The standard InChI is InChI=1S/C24H22F4N2/c1-16(2)15-30(21-10-8-20(9-11-21)24(26,27)28)23-13-17(3)12-22(29-23)19-6-4-18(14-25)5-7-19/h4-13H,1,14-15H2,2-3H3. The smallest absolute Gasteiger partial charge is 0.322 e. The number of aromatic nitrogens is 1. The fourth-order valence-electron chi connectivity index (χ4n) is 3.10. The molecule has 3 aromatic rings. The molecule has 0 bridgehead atoms. The Kier molecular flexibility index (Phi) is 6.25. The van der Waals surface area contributed by atoms with Gasteiger partial charge in [0.05, 0.1) is 11.3 Å². The number of alkyl halides is 4. The molecule has 2 aromatic carbocycles. The quantitative estimate of drug-likeness (QED) is 0.312. The fraction of sp³-hybridized carbons (Fsp3) is 0.208. The van der Waals surface area contributed by atoms with Gasteiger partial charge in [0.15, 0.2) is 0 Å². The van der Waals surface area contributed by atoms with Crippen molar-refractivity contribution in [3.63, 3.8) is 0 Å². The van der Waals surface area contributed by atoms with Gasteiger partial charge in [-0.05, 0) is 61.4 Å². The normalized spacial score (nSPS) is 11.4. The molecule has 0 aliphatic rings. The number of rotatable bonds is 6. The Hall–Kier alpha value is -3.15. The molecule has 156 valence electrons. The molecule has 30 heavy (non-hydrogen) atoms. The topological polar surface area (TPSA) is 16.1 Å². The summed E-state index contributed by atoms with van der Waals surface area (Å²) in [4.78, 5) is 6.56. The Morgan fingerprint density at radius 1 is 1.00 bits per heavy atom. The molecule has 0 unspecified atom stereocenters. The van der Waals surface area contributed by atoms with E-state index in [4.69, 9.17) is 4.98 Å². The zero-order chi connectivity index (χ0) is 21.9. The van der Waals surface area contributed by atoms with Crippen LogP contribution in [0, 0.1) is 6.92 Å². The third kappa shape index (κ3) is 5.06. The van der Waals surface area contributed by atoms with Crippen LogP contribution in [0.5, 0.6) is 0 Å². The Bertz CT molecular complexity index is 1020. The third-order valence-electron chi connectivity index (χ3n) is 4.57. The van der Waals surface area contributed by atoms with Crippen LogP contribution in [-0.2, 0) is 12.9 Å². The number of pyridine rings is 1. The Morgan fingerprint density at radius 2 is 1.63 bits per heavy atom. The van der Waals surface area contributed by atoms with Crippen LogP contribution in [0.2, 0.25) is 0 Å². The van der Waals surface area contributed by atoms with Gasteiger partial charge in [-0.3, -0.25) is 0 Å². The van der Waals surface area contributed by atoms with Crippen molar-refractivity contribution >= 4 is 11.5 Å². The summed E-state index contributed by atoms with van der Waals surface area (Å²) < 4.78 is 51.6. The predicted molar refractivity (Wildman–Crippen MR) is 112 cm³/mol. The number of hydrogen-bond donors (Lipinski definition) is 0. The first kappa shape index (κ1) is 21.6. The van der Waals surface area contributed by atoms with Crippen molar-refractivity contribution in [1.29, 1.82) is 0 Å². The lowest BCUT2D eigenvalue weighted by Gasteiger charge is -2.25. The van der Waals surface area contributed by atoms with Crippen LogP contribution < -0.4 is 4.90 Å². The van der Waals surface area contributed by atoms with Crippen molar-refractivity contribution in [2.45, 2.75) is 26.7 Å². The van der Waals surface area contributed by atoms with Crippen molar-refractivity contribution in [2.24, 2.45) is 0 Å². The second-order valence-corrected chi connectivity index (χ2v) is 7.31. The van der Waals surface area contributed by atoms with Gasteiger partial charge in [-0.15, -0.1) is 0 Å². The molecule has 3 rings (SSSR count). The maximum atomic E-state index is 12.9. The third-order valence-corrected chi connectivity index (χ3v) is 4.57. The van der Waals surface area contributed by atoms with Crippen LogP contribution in [0.4, 0.5) is 29.1 Å². The van der Waals surface area contributed by atoms with E-state index in [2.05, 4.69) is 6.58 Å². The van der Waals surface area contributed by atoms with E-state index in [0.29, 0.717) is 29.3 Å². The molecular formula is C24H22F4N2. The number of aryl methyl sites for hydroxylation is 1. The SMILES string of the molecule is C=C(C)CN(c1ccc(C(F)(F)F)cc1)c1cc(C)cc(-c2ccc(CF)cc2)n1. The van der Waals surface area contributed by atoms with Crippen LogP contribution in [0.25, 0.3) is 11.3 Å². The van der Waals surface area contributed by atoms with Gasteiger partial charge in [-0.2, -0.15) is 13.2 Å². The van der Waals surface area contributed by atoms with E-state index in [1.807, 2.05) is 43.0 Å². The molecule has 0 saturated heterocycles. The van der Waals surface area contributed by atoms with Gasteiger partial charge in [0.25, 0.3) is 0 Å². The highest BCUT2D eigenvalue weighted by Gasteiger charge is 2.30. The molecule has 0 amide bonds. The first-order valence-corrected chi connectivity index (χ1v) is 9.40. The number of anilines is 2. The molecule has 0 N–H and O–H groups in total. The van der Waals surface area contributed by atoms with E-state index >= 15 is 0 Å². The van der Waals surface area contributed by atoms with Crippen LogP contribution in [0.3, 0.4) is 0 Å². The highest BCUT2D eigenvalue weighted by molar-refractivity contribution is 5.67. The molecule has 0 saturated carbocycles. The molecule has 1 heterocycles. The summed E-state index contributed by atoms with van der Waals surface area (Å²) >= 11 is 0. The van der Waals surface area contributed by atoms with Crippen molar-refractivity contribution < 1.29 is 17.6 Å². The summed E-state index contributed by atoms with van der Waals surface area (Å²) in [6.45, 7) is 7.59. The van der Waals surface area contributed by atoms with E-state index in [9.17, 15) is 17.6 Å². The summed E-state index contributed by atoms with van der Waals surface area (Å²) in [5.74, 6) is 0.599. The number of hydrogen-bond acceptors (Lipinski definition) is 2. The van der Waals surface area contributed by atoms with Gasteiger partial charge in [0.1, 0.15) is 12.5 Å². The molecule has 1 aromatic heterocycles. The van der Waals surface area contributed by atoms with Gasteiger partial charge in [0.2, 0.25) is 0 Å². The number of halogens is 4. The lowest BCUT2D eigenvalue weighted by atomic mass is 10.1. The summed E-state index contributed by atoms with van der Waals surface area (Å²) in [7, 11) is 0. The first-order chi connectivity index (χ1) is 14.2. The maximum Gasteiger partial charge on any atom is 0.416 e. The molecule has 0 radical (unpaired) electrons. The fourth-order valence-corrected chi connectivity index (χ4v) is 3.10. The van der Waals surface area contributed by atoms with Gasteiger partial charge < -0.3 is 4.90 Å². The van der Waals surface area contributed by atoms with Gasteiger partial charge >= 0.3 is 6.18 Å². The first-order valence-electron chi connectivity index (χ1n) is 9.40. The van der Waals surface area contributed by atoms with E-state index in [0.717, 1.165) is 28.8 Å². The minimum atomic E-state index is -4.39. The van der Waals surface area contributed by atoms with Gasteiger partial charge in [-0.1, -0.05) is 36.4 Å². The average molecular weight is 414 g/mol. The molecule has 2 nitrogen and oxygen atoms in total. The maximum absolute atomic E-state index is 12.9. The predicted octanol–water partition coefficient (Wildman–Crippen LogP) is 7.26. The molecule has 0 atom stereocenters. The number of nitrogens with zero attached hydrogens (tertiary/aromatic N) is 2. The summed E-state index contributed by atoms with van der Waals surface area (Å²) in [5, 5.41) is 0. The van der Waals surface area contributed by atoms with Crippen molar-refractivity contribution in [3.05, 3.63) is 89.5 Å². The summed E-state index contributed by atoms with van der Waals surface area (Å²) in [6, 6.07) is 15.8. The monoisotopic (exact) mass is 414 g/mol. The van der Waals surface area contributed by atoms with Gasteiger partial charge in [0, 0.05) is 17.8 Å². The van der Waals surface area contributed by atoms with Crippen LogP contribution >= 0.6 is 0 Å². The van der Waals surface area contributed by atoms with Crippen LogP contribution in [-0.4, -0.2) is 11.5 Å². The Morgan fingerprint density at radius 3 is 2.17 bits per heavy atom. The van der Waals surface area contributed by atoms with E-state index in [1.165, 1.54) is 12.1 Å². The highest BCUT2D eigenvalue weighted by Crippen LogP contribution is 2.33.